The van der Waals surface area contributed by atoms with E-state index in [4.69, 9.17) is 0 Å². The van der Waals surface area contributed by atoms with Crippen molar-refractivity contribution in [1.82, 2.24) is 4.72 Å². The van der Waals surface area contributed by atoms with Gasteiger partial charge in [-0.1, -0.05) is 46.3 Å². The number of nitrogens with one attached hydrogen (secondary N) is 2. The molecule has 5 nitrogen and oxygen atoms in total. The second-order valence-corrected chi connectivity index (χ2v) is 8.94. The molecule has 150 valence electrons. The van der Waals surface area contributed by atoms with Crippen LogP contribution in [0.2, 0.25) is 0 Å². The first-order valence-electron chi connectivity index (χ1n) is 8.72. The fourth-order valence-electron chi connectivity index (χ4n) is 2.67. The maximum absolute atomic E-state index is 13.1. The molecule has 0 aliphatic carbocycles. The van der Waals surface area contributed by atoms with Crippen LogP contribution in [0.15, 0.2) is 88.2 Å². The number of hydrogen-bond donors (Lipinski definition) is 2. The van der Waals surface area contributed by atoms with Gasteiger partial charge in [0.15, 0.2) is 0 Å². The van der Waals surface area contributed by atoms with Gasteiger partial charge in [0, 0.05) is 10.2 Å². The minimum atomic E-state index is -4.03. The maximum Gasteiger partial charge on any atom is 0.242 e. The van der Waals surface area contributed by atoms with Gasteiger partial charge in [-0.05, 0) is 60.5 Å². The molecular formula is C21H18BrFN2O3S. The second-order valence-electron chi connectivity index (χ2n) is 6.31. The van der Waals surface area contributed by atoms with Crippen molar-refractivity contribution in [3.63, 3.8) is 0 Å². The highest BCUT2D eigenvalue weighted by Gasteiger charge is 2.26. The lowest BCUT2D eigenvalue weighted by Crippen LogP contribution is -2.45. The number of carbonyl (C=O) groups is 1. The van der Waals surface area contributed by atoms with Crippen molar-refractivity contribution >= 4 is 37.5 Å². The van der Waals surface area contributed by atoms with E-state index in [9.17, 15) is 17.6 Å². The van der Waals surface area contributed by atoms with E-state index >= 15 is 0 Å². The van der Waals surface area contributed by atoms with Crippen LogP contribution in [0.25, 0.3) is 0 Å². The Morgan fingerprint density at radius 3 is 2.17 bits per heavy atom. The van der Waals surface area contributed by atoms with E-state index in [0.29, 0.717) is 5.69 Å². The molecule has 1 atom stereocenters. The number of anilines is 1. The van der Waals surface area contributed by atoms with Crippen molar-refractivity contribution in [2.45, 2.75) is 17.4 Å². The van der Waals surface area contributed by atoms with Crippen molar-refractivity contribution in [1.29, 1.82) is 0 Å². The van der Waals surface area contributed by atoms with Crippen LogP contribution in [-0.2, 0) is 21.2 Å². The summed E-state index contributed by atoms with van der Waals surface area (Å²) in [4.78, 5) is 12.7. The Bertz CT molecular complexity index is 1070. The van der Waals surface area contributed by atoms with Crippen LogP contribution in [0.4, 0.5) is 10.1 Å². The SMILES string of the molecule is O=C(Nc1ccc(Br)cc1)[C@H](Cc1ccccc1)NS(=O)(=O)c1ccc(F)cc1. The van der Waals surface area contributed by atoms with E-state index in [1.165, 1.54) is 0 Å². The van der Waals surface area contributed by atoms with Crippen LogP contribution >= 0.6 is 15.9 Å². The molecule has 0 aromatic heterocycles. The van der Waals surface area contributed by atoms with Crippen LogP contribution < -0.4 is 10.0 Å². The van der Waals surface area contributed by atoms with E-state index in [2.05, 4.69) is 26.0 Å². The first-order chi connectivity index (χ1) is 13.8. The zero-order valence-electron chi connectivity index (χ0n) is 15.2. The summed E-state index contributed by atoms with van der Waals surface area (Å²) in [6, 6.07) is 19.4. The van der Waals surface area contributed by atoms with Crippen molar-refractivity contribution in [3.8, 4) is 0 Å². The van der Waals surface area contributed by atoms with Gasteiger partial charge >= 0.3 is 0 Å². The summed E-state index contributed by atoms with van der Waals surface area (Å²) < 4.78 is 41.9. The lowest BCUT2D eigenvalue weighted by Gasteiger charge is -2.19. The topological polar surface area (TPSA) is 75.3 Å². The molecule has 3 aromatic rings. The number of hydrogen-bond acceptors (Lipinski definition) is 3. The number of benzene rings is 3. The van der Waals surface area contributed by atoms with Gasteiger partial charge in [0.1, 0.15) is 11.9 Å². The predicted octanol–water partition coefficient (Wildman–Crippen LogP) is 4.12. The van der Waals surface area contributed by atoms with Crippen molar-refractivity contribution < 1.29 is 17.6 Å². The Morgan fingerprint density at radius 2 is 1.55 bits per heavy atom. The number of amides is 1. The third kappa shape index (κ3) is 5.96. The molecular weight excluding hydrogens is 459 g/mol. The van der Waals surface area contributed by atoms with E-state index in [0.717, 1.165) is 34.3 Å². The molecule has 0 spiro atoms. The Balaban J connectivity index is 1.84. The van der Waals surface area contributed by atoms with Crippen LogP contribution in [0.3, 0.4) is 0 Å². The summed E-state index contributed by atoms with van der Waals surface area (Å²) in [5.74, 6) is -1.04. The summed E-state index contributed by atoms with van der Waals surface area (Å²) in [5.41, 5.74) is 1.34. The molecule has 0 radical (unpaired) electrons. The first-order valence-corrected chi connectivity index (χ1v) is 11.0. The highest BCUT2D eigenvalue weighted by Crippen LogP contribution is 2.16. The largest absolute Gasteiger partial charge is 0.325 e. The second kappa shape index (κ2) is 9.30. The molecule has 0 fully saturated rings. The maximum atomic E-state index is 13.1. The standard InChI is InChI=1S/C21H18BrFN2O3S/c22-16-6-10-18(11-7-16)24-21(26)20(14-15-4-2-1-3-5-15)25-29(27,28)19-12-8-17(23)9-13-19/h1-13,20,25H,14H2,(H,24,26)/t20-/m0/s1. The van der Waals surface area contributed by atoms with Gasteiger partial charge < -0.3 is 5.32 Å². The van der Waals surface area contributed by atoms with E-state index in [1.807, 2.05) is 30.3 Å². The smallest absolute Gasteiger partial charge is 0.242 e. The zero-order valence-corrected chi connectivity index (χ0v) is 17.6. The molecule has 3 rings (SSSR count). The highest BCUT2D eigenvalue weighted by atomic mass is 79.9. The molecule has 0 bridgehead atoms. The normalized spacial score (nSPS) is 12.3. The minimum absolute atomic E-state index is 0.117. The molecule has 0 heterocycles. The van der Waals surface area contributed by atoms with Gasteiger partial charge in [-0.3, -0.25) is 4.79 Å². The third-order valence-electron chi connectivity index (χ3n) is 4.13. The summed E-state index contributed by atoms with van der Waals surface area (Å²) in [5, 5.41) is 2.73. The monoisotopic (exact) mass is 476 g/mol. The van der Waals surface area contributed by atoms with Gasteiger partial charge in [-0.25, -0.2) is 12.8 Å². The highest BCUT2D eigenvalue weighted by molar-refractivity contribution is 9.10. The number of carbonyl (C=O) groups excluding carboxylic acids is 1. The quantitative estimate of drug-likeness (QED) is 0.538. The number of halogens is 2. The van der Waals surface area contributed by atoms with Gasteiger partial charge in [0.05, 0.1) is 4.90 Å². The predicted molar refractivity (Wildman–Crippen MR) is 113 cm³/mol. The Morgan fingerprint density at radius 1 is 0.931 bits per heavy atom. The molecule has 3 aromatic carbocycles. The Hall–Kier alpha value is -2.55. The lowest BCUT2D eigenvalue weighted by atomic mass is 10.1. The summed E-state index contributed by atoms with van der Waals surface area (Å²) >= 11 is 3.32. The van der Waals surface area contributed by atoms with Gasteiger partial charge in [0.2, 0.25) is 15.9 Å². The molecule has 1 amide bonds. The van der Waals surface area contributed by atoms with E-state index in [1.54, 1.807) is 24.3 Å². The summed E-state index contributed by atoms with van der Waals surface area (Å²) in [6.45, 7) is 0. The molecule has 0 saturated carbocycles. The number of sulfonamides is 1. The van der Waals surface area contributed by atoms with E-state index in [-0.39, 0.29) is 11.3 Å². The Kier molecular flexibility index (Phi) is 6.79. The Labute approximate surface area is 177 Å². The summed E-state index contributed by atoms with van der Waals surface area (Å²) in [7, 11) is -4.03. The first kappa shape index (κ1) is 21.2. The van der Waals surface area contributed by atoms with Crippen molar-refractivity contribution in [3.05, 3.63) is 94.7 Å². The fourth-order valence-corrected chi connectivity index (χ4v) is 4.13. The van der Waals surface area contributed by atoms with Crippen molar-refractivity contribution in [2.75, 3.05) is 5.32 Å². The van der Waals surface area contributed by atoms with Gasteiger partial charge in [0.25, 0.3) is 0 Å². The average Bonchev–Trinajstić information content (AvgIpc) is 2.70. The van der Waals surface area contributed by atoms with Crippen LogP contribution in [-0.4, -0.2) is 20.4 Å². The van der Waals surface area contributed by atoms with Gasteiger partial charge in [-0.15, -0.1) is 0 Å². The average molecular weight is 477 g/mol. The molecule has 29 heavy (non-hydrogen) atoms. The molecule has 8 heteroatoms. The fraction of sp³-hybridized carbons (Fsp3) is 0.0952. The van der Waals surface area contributed by atoms with Crippen LogP contribution in [0.5, 0.6) is 0 Å². The zero-order chi connectivity index (χ0) is 20.9. The lowest BCUT2D eigenvalue weighted by molar-refractivity contribution is -0.117. The van der Waals surface area contributed by atoms with Crippen LogP contribution in [0, 0.1) is 5.82 Å². The van der Waals surface area contributed by atoms with Crippen LogP contribution in [0.1, 0.15) is 5.56 Å². The molecule has 0 aliphatic heterocycles. The van der Waals surface area contributed by atoms with Gasteiger partial charge in [-0.2, -0.15) is 4.72 Å². The molecule has 0 saturated heterocycles. The van der Waals surface area contributed by atoms with Crippen molar-refractivity contribution in [2.24, 2.45) is 0 Å². The number of rotatable bonds is 7. The summed E-state index contributed by atoms with van der Waals surface area (Å²) in [6.07, 6.45) is 0.156. The molecule has 2 N–H and O–H groups in total. The van der Waals surface area contributed by atoms with E-state index < -0.39 is 27.8 Å². The molecule has 0 unspecified atom stereocenters. The third-order valence-corrected chi connectivity index (χ3v) is 6.15. The molecule has 0 aliphatic rings. The minimum Gasteiger partial charge on any atom is -0.325 e.